The fraction of sp³-hybridized carbons (Fsp3) is 0.571. The number of hydrogen-bond donors (Lipinski definition) is 2. The Morgan fingerprint density at radius 1 is 1.33 bits per heavy atom. The first-order valence-corrected chi connectivity index (χ1v) is 8.26. The van der Waals surface area contributed by atoms with E-state index >= 15 is 0 Å². The third-order valence-corrected chi connectivity index (χ3v) is 4.66. The Bertz CT molecular complexity index is 571. The quantitative estimate of drug-likeness (QED) is 0.737. The van der Waals surface area contributed by atoms with Crippen LogP contribution >= 0.6 is 0 Å². The first-order valence-electron chi connectivity index (χ1n) is 6.78. The second kappa shape index (κ2) is 7.11. The molecule has 1 rings (SSSR count). The van der Waals surface area contributed by atoms with E-state index in [0.29, 0.717) is 12.2 Å². The van der Waals surface area contributed by atoms with E-state index in [1.807, 2.05) is 32.8 Å². The SMILES string of the molecule is COc1ccc(N)cc1S(=O)(=O)NC(CN(C)C)C(C)C. The lowest BCUT2D eigenvalue weighted by molar-refractivity contribution is 0.314. The minimum atomic E-state index is -3.70. The molecule has 0 amide bonds. The predicted molar refractivity (Wildman–Crippen MR) is 84.9 cm³/mol. The lowest BCUT2D eigenvalue weighted by atomic mass is 10.1. The fourth-order valence-electron chi connectivity index (χ4n) is 1.94. The number of nitrogens with zero attached hydrogens (tertiary/aromatic N) is 1. The maximum atomic E-state index is 12.6. The van der Waals surface area contributed by atoms with Gasteiger partial charge in [0.05, 0.1) is 7.11 Å². The van der Waals surface area contributed by atoms with Crippen LogP contribution in [0.3, 0.4) is 0 Å². The number of ether oxygens (including phenoxy) is 1. The smallest absolute Gasteiger partial charge is 0.244 e. The molecule has 7 heteroatoms. The standard InChI is InChI=1S/C14H25N3O3S/c1-10(2)12(9-17(3)4)16-21(18,19)14-8-11(15)6-7-13(14)20-5/h6-8,10,12,16H,9,15H2,1-5H3. The molecule has 0 radical (unpaired) electrons. The van der Waals surface area contributed by atoms with Crippen molar-refractivity contribution in [3.05, 3.63) is 18.2 Å². The normalized spacial score (nSPS) is 13.7. The van der Waals surface area contributed by atoms with Crippen molar-refractivity contribution in [2.24, 2.45) is 5.92 Å². The van der Waals surface area contributed by atoms with E-state index in [4.69, 9.17) is 10.5 Å². The maximum Gasteiger partial charge on any atom is 0.244 e. The number of anilines is 1. The zero-order chi connectivity index (χ0) is 16.2. The Morgan fingerprint density at radius 3 is 2.43 bits per heavy atom. The average Bonchev–Trinajstić information content (AvgIpc) is 2.37. The van der Waals surface area contributed by atoms with Crippen LogP contribution in [0.4, 0.5) is 5.69 Å². The molecule has 1 aromatic rings. The summed E-state index contributed by atoms with van der Waals surface area (Å²) in [5.74, 6) is 0.443. The summed E-state index contributed by atoms with van der Waals surface area (Å²) in [6, 6.07) is 4.38. The van der Waals surface area contributed by atoms with Gasteiger partial charge in [-0.15, -0.1) is 0 Å². The van der Waals surface area contributed by atoms with Crippen LogP contribution in [0, 0.1) is 5.92 Å². The second-order valence-electron chi connectivity index (χ2n) is 5.64. The number of rotatable bonds is 7. The van der Waals surface area contributed by atoms with Crippen LogP contribution in [0.25, 0.3) is 0 Å². The molecule has 1 atom stereocenters. The second-order valence-corrected chi connectivity index (χ2v) is 7.33. The number of nitrogen functional groups attached to an aromatic ring is 1. The van der Waals surface area contributed by atoms with E-state index in [1.54, 1.807) is 12.1 Å². The average molecular weight is 315 g/mol. The lowest BCUT2D eigenvalue weighted by Crippen LogP contribution is -2.44. The molecule has 0 aliphatic rings. The Morgan fingerprint density at radius 2 is 1.95 bits per heavy atom. The summed E-state index contributed by atoms with van der Waals surface area (Å²) in [6.45, 7) is 4.57. The lowest BCUT2D eigenvalue weighted by Gasteiger charge is -2.25. The number of benzene rings is 1. The van der Waals surface area contributed by atoms with Crippen molar-refractivity contribution >= 4 is 15.7 Å². The molecule has 21 heavy (non-hydrogen) atoms. The molecule has 0 saturated heterocycles. The van der Waals surface area contributed by atoms with Gasteiger partial charge in [-0.2, -0.15) is 0 Å². The van der Waals surface area contributed by atoms with Crippen LogP contribution in [0.1, 0.15) is 13.8 Å². The minimum Gasteiger partial charge on any atom is -0.495 e. The summed E-state index contributed by atoms with van der Waals surface area (Å²) in [5.41, 5.74) is 6.07. The topological polar surface area (TPSA) is 84.7 Å². The van der Waals surface area contributed by atoms with Gasteiger partial charge in [0.15, 0.2) is 0 Å². The van der Waals surface area contributed by atoms with Crippen LogP contribution in [-0.4, -0.2) is 47.1 Å². The van der Waals surface area contributed by atoms with E-state index in [0.717, 1.165) is 0 Å². The van der Waals surface area contributed by atoms with Crippen molar-refractivity contribution in [3.8, 4) is 5.75 Å². The van der Waals surface area contributed by atoms with Crippen molar-refractivity contribution in [2.45, 2.75) is 24.8 Å². The number of methoxy groups -OCH3 is 1. The highest BCUT2D eigenvalue weighted by Gasteiger charge is 2.25. The molecule has 6 nitrogen and oxygen atoms in total. The Kier molecular flexibility index (Phi) is 6.00. The van der Waals surface area contributed by atoms with Crippen LogP contribution in [0.5, 0.6) is 5.75 Å². The maximum absolute atomic E-state index is 12.6. The first-order chi connectivity index (χ1) is 9.67. The van der Waals surface area contributed by atoms with Crippen LogP contribution in [0.15, 0.2) is 23.1 Å². The van der Waals surface area contributed by atoms with Gasteiger partial charge in [-0.05, 0) is 38.2 Å². The monoisotopic (exact) mass is 315 g/mol. The molecule has 0 bridgehead atoms. The van der Waals surface area contributed by atoms with Crippen molar-refractivity contribution in [1.82, 2.24) is 9.62 Å². The van der Waals surface area contributed by atoms with E-state index in [2.05, 4.69) is 4.72 Å². The van der Waals surface area contributed by atoms with Crippen molar-refractivity contribution < 1.29 is 13.2 Å². The highest BCUT2D eigenvalue weighted by molar-refractivity contribution is 7.89. The molecule has 0 aromatic heterocycles. The molecule has 0 fully saturated rings. The van der Waals surface area contributed by atoms with Gasteiger partial charge in [-0.3, -0.25) is 0 Å². The van der Waals surface area contributed by atoms with Crippen LogP contribution in [-0.2, 0) is 10.0 Å². The first kappa shape index (κ1) is 17.7. The Labute approximate surface area is 127 Å². The number of hydrogen-bond acceptors (Lipinski definition) is 5. The summed E-state index contributed by atoms with van der Waals surface area (Å²) >= 11 is 0. The fourth-order valence-corrected chi connectivity index (χ4v) is 3.52. The van der Waals surface area contributed by atoms with Crippen molar-refractivity contribution in [3.63, 3.8) is 0 Å². The highest BCUT2D eigenvalue weighted by Crippen LogP contribution is 2.26. The molecular weight excluding hydrogens is 290 g/mol. The Balaban J connectivity index is 3.13. The van der Waals surface area contributed by atoms with Gasteiger partial charge in [0.1, 0.15) is 10.6 Å². The molecule has 0 spiro atoms. The zero-order valence-corrected chi connectivity index (χ0v) is 14.1. The number of sulfonamides is 1. The molecule has 0 heterocycles. The highest BCUT2D eigenvalue weighted by atomic mass is 32.2. The number of likely N-dealkylation sites (N-methyl/N-ethyl adjacent to an activating group) is 1. The van der Waals surface area contributed by atoms with Gasteiger partial charge in [0.2, 0.25) is 10.0 Å². The van der Waals surface area contributed by atoms with Crippen molar-refractivity contribution in [1.29, 1.82) is 0 Å². The summed E-state index contributed by atoms with van der Waals surface area (Å²) in [6.07, 6.45) is 0. The van der Waals surface area contributed by atoms with Gasteiger partial charge >= 0.3 is 0 Å². The molecule has 0 saturated carbocycles. The van der Waals surface area contributed by atoms with Gasteiger partial charge < -0.3 is 15.4 Å². The largest absolute Gasteiger partial charge is 0.495 e. The molecule has 1 unspecified atom stereocenters. The molecule has 1 aromatic carbocycles. The molecule has 0 aliphatic carbocycles. The molecule has 0 aliphatic heterocycles. The van der Waals surface area contributed by atoms with E-state index < -0.39 is 10.0 Å². The summed E-state index contributed by atoms with van der Waals surface area (Å²) in [5, 5.41) is 0. The third-order valence-electron chi connectivity index (χ3n) is 3.15. The third kappa shape index (κ3) is 4.87. The number of nitrogens with two attached hydrogens (primary N) is 1. The summed E-state index contributed by atoms with van der Waals surface area (Å²) < 4.78 is 33.1. The van der Waals surface area contributed by atoms with E-state index in [9.17, 15) is 8.42 Å². The summed E-state index contributed by atoms with van der Waals surface area (Å²) in [7, 11) is 1.55. The minimum absolute atomic E-state index is 0.0643. The predicted octanol–water partition coefficient (Wildman–Crippen LogP) is 1.14. The van der Waals surface area contributed by atoms with Gasteiger partial charge in [0, 0.05) is 18.3 Å². The van der Waals surface area contributed by atoms with Gasteiger partial charge in [-0.25, -0.2) is 13.1 Å². The molecular formula is C14H25N3O3S. The molecule has 120 valence electrons. The van der Waals surface area contributed by atoms with Crippen LogP contribution < -0.4 is 15.2 Å². The number of nitrogens with one attached hydrogen (secondary N) is 1. The van der Waals surface area contributed by atoms with E-state index in [1.165, 1.54) is 13.2 Å². The van der Waals surface area contributed by atoms with Gasteiger partial charge in [0.25, 0.3) is 0 Å². The van der Waals surface area contributed by atoms with E-state index in [-0.39, 0.29) is 22.6 Å². The summed E-state index contributed by atoms with van der Waals surface area (Å²) in [4.78, 5) is 2.01. The Hall–Kier alpha value is -1.31. The zero-order valence-electron chi connectivity index (χ0n) is 13.3. The molecule has 3 N–H and O–H groups in total. The van der Waals surface area contributed by atoms with Gasteiger partial charge in [-0.1, -0.05) is 13.8 Å². The van der Waals surface area contributed by atoms with Crippen molar-refractivity contribution in [2.75, 3.05) is 33.5 Å². The van der Waals surface area contributed by atoms with Crippen LogP contribution in [0.2, 0.25) is 0 Å².